The van der Waals surface area contributed by atoms with E-state index in [4.69, 9.17) is 17.0 Å². The molecular formula is C21H29N3O3S2. The summed E-state index contributed by atoms with van der Waals surface area (Å²) in [6.45, 7) is 7.51. The highest BCUT2D eigenvalue weighted by Gasteiger charge is 2.22. The average molecular weight is 436 g/mol. The Morgan fingerprint density at radius 3 is 2.38 bits per heavy atom. The van der Waals surface area contributed by atoms with Crippen LogP contribution in [0.5, 0.6) is 5.75 Å². The summed E-state index contributed by atoms with van der Waals surface area (Å²) < 4.78 is 32.7. The number of thiocarbonyl (C=S) groups is 1. The summed E-state index contributed by atoms with van der Waals surface area (Å²) in [5.74, 6) is 0.810. The fourth-order valence-electron chi connectivity index (χ4n) is 2.74. The molecule has 2 aromatic carbocycles. The number of benzene rings is 2. The van der Waals surface area contributed by atoms with Crippen LogP contribution in [0.1, 0.15) is 19.4 Å². The number of ether oxygens (including phenoxy) is 1. The summed E-state index contributed by atoms with van der Waals surface area (Å²) in [5, 5.41) is 3.67. The Labute approximate surface area is 179 Å². The van der Waals surface area contributed by atoms with Gasteiger partial charge in [0.1, 0.15) is 12.4 Å². The van der Waals surface area contributed by atoms with E-state index < -0.39 is 10.0 Å². The summed E-state index contributed by atoms with van der Waals surface area (Å²) in [5.41, 5.74) is 1.60. The first-order valence-corrected chi connectivity index (χ1v) is 11.4. The summed E-state index contributed by atoms with van der Waals surface area (Å²) in [6, 6.07) is 14.7. The van der Waals surface area contributed by atoms with E-state index in [9.17, 15) is 8.42 Å². The third-order valence-corrected chi connectivity index (χ3v) is 7.04. The largest absolute Gasteiger partial charge is 0.492 e. The van der Waals surface area contributed by atoms with Crippen LogP contribution in [-0.2, 0) is 10.0 Å². The first kappa shape index (κ1) is 23.1. The Kier molecular flexibility index (Phi) is 8.43. The van der Waals surface area contributed by atoms with Crippen LogP contribution in [0.25, 0.3) is 0 Å². The molecule has 0 aliphatic heterocycles. The van der Waals surface area contributed by atoms with Crippen LogP contribution in [0.2, 0.25) is 0 Å². The summed E-state index contributed by atoms with van der Waals surface area (Å²) in [6.07, 6.45) is 0. The van der Waals surface area contributed by atoms with Gasteiger partial charge in [0, 0.05) is 25.8 Å². The van der Waals surface area contributed by atoms with Crippen molar-refractivity contribution in [3.8, 4) is 5.75 Å². The maximum atomic E-state index is 12.8. The second-order valence-electron chi connectivity index (χ2n) is 6.58. The first-order valence-electron chi connectivity index (χ1n) is 9.60. The van der Waals surface area contributed by atoms with Gasteiger partial charge in [-0.05, 0) is 49.0 Å². The van der Waals surface area contributed by atoms with Crippen LogP contribution in [0.3, 0.4) is 0 Å². The molecule has 0 aromatic heterocycles. The maximum absolute atomic E-state index is 12.8. The number of hydrogen-bond acceptors (Lipinski definition) is 4. The second-order valence-corrected chi connectivity index (χ2v) is 8.90. The molecule has 0 saturated heterocycles. The number of nitrogens with zero attached hydrogens (tertiary/aromatic N) is 2. The SMILES string of the molecule is CCN(CC)S(=O)(=O)c1ccc(C)c(NC(=S)N(C)CCOc2ccccc2)c1. The molecule has 1 N–H and O–H groups in total. The molecular weight excluding hydrogens is 406 g/mol. The minimum atomic E-state index is -3.52. The lowest BCUT2D eigenvalue weighted by atomic mass is 10.2. The standard InChI is InChI=1S/C21H29N3O3S2/c1-5-24(6-2)29(25,26)19-13-12-17(3)20(16-19)22-21(28)23(4)14-15-27-18-10-8-7-9-11-18/h7-13,16H,5-6,14-15H2,1-4H3,(H,22,28). The zero-order chi connectivity index (χ0) is 21.4. The van der Waals surface area contributed by atoms with E-state index in [1.165, 1.54) is 4.31 Å². The third-order valence-electron chi connectivity index (χ3n) is 4.58. The van der Waals surface area contributed by atoms with Crippen molar-refractivity contribution in [2.75, 3.05) is 38.6 Å². The van der Waals surface area contributed by atoms with Gasteiger partial charge in [-0.1, -0.05) is 38.1 Å². The molecule has 0 saturated carbocycles. The van der Waals surface area contributed by atoms with Gasteiger partial charge >= 0.3 is 0 Å². The van der Waals surface area contributed by atoms with Crippen molar-refractivity contribution in [3.63, 3.8) is 0 Å². The highest BCUT2D eigenvalue weighted by Crippen LogP contribution is 2.23. The highest BCUT2D eigenvalue weighted by atomic mass is 32.2. The molecule has 8 heteroatoms. The van der Waals surface area contributed by atoms with E-state index in [2.05, 4.69) is 5.32 Å². The monoisotopic (exact) mass is 435 g/mol. The zero-order valence-corrected chi connectivity index (χ0v) is 19.0. The third kappa shape index (κ3) is 6.16. The number of para-hydroxylation sites is 1. The Balaban J connectivity index is 2.03. The van der Waals surface area contributed by atoms with Crippen molar-refractivity contribution in [1.29, 1.82) is 0 Å². The molecule has 0 aliphatic rings. The Bertz CT molecular complexity index is 914. The fourth-order valence-corrected chi connectivity index (χ4v) is 4.42. The van der Waals surface area contributed by atoms with Gasteiger partial charge in [0.25, 0.3) is 0 Å². The molecule has 0 unspecified atom stereocenters. The quantitative estimate of drug-likeness (QED) is 0.606. The van der Waals surface area contributed by atoms with Gasteiger partial charge in [0.15, 0.2) is 5.11 Å². The topological polar surface area (TPSA) is 61.9 Å². The molecule has 0 spiro atoms. The number of aryl methyl sites for hydroxylation is 1. The van der Waals surface area contributed by atoms with Crippen molar-refractivity contribution in [3.05, 3.63) is 54.1 Å². The maximum Gasteiger partial charge on any atom is 0.243 e. The summed E-state index contributed by atoms with van der Waals surface area (Å²) in [4.78, 5) is 2.12. The lowest BCUT2D eigenvalue weighted by molar-refractivity contribution is 0.285. The van der Waals surface area contributed by atoms with Crippen LogP contribution >= 0.6 is 12.2 Å². The van der Waals surface area contributed by atoms with Crippen molar-refractivity contribution in [1.82, 2.24) is 9.21 Å². The Morgan fingerprint density at radius 1 is 1.10 bits per heavy atom. The van der Waals surface area contributed by atoms with E-state index in [0.717, 1.165) is 11.3 Å². The number of rotatable bonds is 9. The summed E-state index contributed by atoms with van der Waals surface area (Å²) >= 11 is 5.48. The van der Waals surface area contributed by atoms with Gasteiger partial charge < -0.3 is 15.0 Å². The van der Waals surface area contributed by atoms with E-state index in [0.29, 0.717) is 37.0 Å². The molecule has 158 valence electrons. The predicted molar refractivity (Wildman–Crippen MR) is 122 cm³/mol. The number of hydrogen-bond donors (Lipinski definition) is 1. The number of anilines is 1. The lowest BCUT2D eigenvalue weighted by Gasteiger charge is -2.23. The van der Waals surface area contributed by atoms with E-state index >= 15 is 0 Å². The van der Waals surface area contributed by atoms with Crippen molar-refractivity contribution in [2.45, 2.75) is 25.7 Å². The van der Waals surface area contributed by atoms with Gasteiger partial charge in [-0.15, -0.1) is 0 Å². The summed E-state index contributed by atoms with van der Waals surface area (Å²) in [7, 11) is -1.65. The predicted octanol–water partition coefficient (Wildman–Crippen LogP) is 3.73. The number of nitrogens with one attached hydrogen (secondary N) is 1. The normalized spacial score (nSPS) is 11.3. The molecule has 29 heavy (non-hydrogen) atoms. The van der Waals surface area contributed by atoms with Gasteiger partial charge in [0.2, 0.25) is 10.0 Å². The smallest absolute Gasteiger partial charge is 0.243 e. The number of likely N-dealkylation sites (N-methyl/N-ethyl adjacent to an activating group) is 1. The van der Waals surface area contributed by atoms with E-state index in [1.54, 1.807) is 18.2 Å². The average Bonchev–Trinajstić information content (AvgIpc) is 2.70. The van der Waals surface area contributed by atoms with Crippen LogP contribution < -0.4 is 10.1 Å². The molecule has 2 rings (SSSR count). The van der Waals surface area contributed by atoms with Crippen LogP contribution in [-0.4, -0.2) is 56.0 Å². The number of sulfonamides is 1. The van der Waals surface area contributed by atoms with E-state index in [1.807, 2.05) is 63.1 Å². The molecule has 2 aromatic rings. The van der Waals surface area contributed by atoms with Crippen molar-refractivity contribution < 1.29 is 13.2 Å². The Hall–Kier alpha value is -2.16. The Morgan fingerprint density at radius 2 is 1.76 bits per heavy atom. The van der Waals surface area contributed by atoms with Gasteiger partial charge in [-0.2, -0.15) is 4.31 Å². The minimum absolute atomic E-state index is 0.257. The molecule has 0 amide bonds. The highest BCUT2D eigenvalue weighted by molar-refractivity contribution is 7.89. The van der Waals surface area contributed by atoms with Crippen LogP contribution in [0.15, 0.2) is 53.4 Å². The van der Waals surface area contributed by atoms with Crippen molar-refractivity contribution >= 4 is 33.0 Å². The molecule has 0 aliphatic carbocycles. The molecule has 0 fully saturated rings. The first-order chi connectivity index (χ1) is 13.8. The molecule has 0 bridgehead atoms. The van der Waals surface area contributed by atoms with Gasteiger partial charge in [0.05, 0.1) is 11.4 Å². The molecule has 0 atom stereocenters. The zero-order valence-electron chi connectivity index (χ0n) is 17.4. The second kappa shape index (κ2) is 10.6. The molecule has 0 heterocycles. The van der Waals surface area contributed by atoms with Crippen LogP contribution in [0, 0.1) is 6.92 Å². The van der Waals surface area contributed by atoms with E-state index in [-0.39, 0.29) is 4.90 Å². The molecule has 6 nitrogen and oxygen atoms in total. The van der Waals surface area contributed by atoms with Crippen LogP contribution in [0.4, 0.5) is 5.69 Å². The van der Waals surface area contributed by atoms with Crippen molar-refractivity contribution in [2.24, 2.45) is 0 Å². The molecule has 0 radical (unpaired) electrons. The fraction of sp³-hybridized carbons (Fsp3) is 0.381. The van der Waals surface area contributed by atoms with Gasteiger partial charge in [-0.25, -0.2) is 8.42 Å². The lowest BCUT2D eigenvalue weighted by Crippen LogP contribution is -2.34. The van der Waals surface area contributed by atoms with Gasteiger partial charge in [-0.3, -0.25) is 0 Å². The minimum Gasteiger partial charge on any atom is -0.492 e.